The Morgan fingerprint density at radius 1 is 1.19 bits per heavy atom. The van der Waals surface area contributed by atoms with Gasteiger partial charge in [-0.2, -0.15) is 0 Å². The highest BCUT2D eigenvalue weighted by molar-refractivity contribution is 5.42. The molecular weight excluding hydrogens is 266 g/mol. The molecule has 0 radical (unpaired) electrons. The van der Waals surface area contributed by atoms with Crippen molar-refractivity contribution in [1.29, 1.82) is 0 Å². The third-order valence-electron chi connectivity index (χ3n) is 3.79. The van der Waals surface area contributed by atoms with Gasteiger partial charge in [0, 0.05) is 13.1 Å². The van der Waals surface area contributed by atoms with Crippen LogP contribution in [0, 0.1) is 0 Å². The van der Waals surface area contributed by atoms with Crippen LogP contribution in [0.3, 0.4) is 0 Å². The Labute approximate surface area is 127 Å². The van der Waals surface area contributed by atoms with Crippen LogP contribution in [0.1, 0.15) is 38.2 Å². The summed E-state index contributed by atoms with van der Waals surface area (Å²) in [5.41, 5.74) is 1.19. The molecule has 1 N–H and O–H groups in total. The van der Waals surface area contributed by atoms with Crippen molar-refractivity contribution in [3.8, 4) is 11.5 Å². The van der Waals surface area contributed by atoms with Crippen molar-refractivity contribution < 1.29 is 14.2 Å². The fraction of sp³-hybridized carbons (Fsp3) is 0.647. The van der Waals surface area contributed by atoms with Crippen LogP contribution in [0.4, 0.5) is 0 Å². The van der Waals surface area contributed by atoms with Gasteiger partial charge in [0.25, 0.3) is 0 Å². The molecule has 0 saturated heterocycles. The number of hydrogen-bond donors (Lipinski definition) is 1. The smallest absolute Gasteiger partial charge is 0.161 e. The zero-order valence-electron chi connectivity index (χ0n) is 13.2. The molecule has 0 spiro atoms. The summed E-state index contributed by atoms with van der Waals surface area (Å²) in [5, 5.41) is 3.41. The molecule has 0 heterocycles. The van der Waals surface area contributed by atoms with Gasteiger partial charge in [-0.25, -0.2) is 0 Å². The molecule has 21 heavy (non-hydrogen) atoms. The molecule has 0 amide bonds. The Morgan fingerprint density at radius 3 is 2.71 bits per heavy atom. The molecule has 1 aromatic carbocycles. The van der Waals surface area contributed by atoms with Gasteiger partial charge in [-0.1, -0.05) is 18.9 Å². The lowest BCUT2D eigenvalue weighted by Crippen LogP contribution is -2.21. The molecule has 1 aromatic rings. The fourth-order valence-corrected chi connectivity index (χ4v) is 2.68. The first-order valence-electron chi connectivity index (χ1n) is 7.95. The SMILES string of the molecule is CCOc1cc(CNCCOC2CCCC2)ccc1OC. The second-order valence-corrected chi connectivity index (χ2v) is 5.37. The molecular formula is C17H27NO3. The van der Waals surface area contributed by atoms with Crippen LogP contribution in [0.5, 0.6) is 11.5 Å². The maximum absolute atomic E-state index is 5.83. The summed E-state index contributed by atoms with van der Waals surface area (Å²) in [6, 6.07) is 6.05. The third-order valence-corrected chi connectivity index (χ3v) is 3.79. The van der Waals surface area contributed by atoms with Crippen molar-refractivity contribution in [3.63, 3.8) is 0 Å². The summed E-state index contributed by atoms with van der Waals surface area (Å²) in [7, 11) is 1.66. The summed E-state index contributed by atoms with van der Waals surface area (Å²) in [4.78, 5) is 0. The predicted octanol–water partition coefficient (Wildman–Crippen LogP) is 3.14. The van der Waals surface area contributed by atoms with Gasteiger partial charge in [-0.05, 0) is 37.5 Å². The molecule has 1 fully saturated rings. The van der Waals surface area contributed by atoms with Crippen molar-refractivity contribution in [3.05, 3.63) is 23.8 Å². The average molecular weight is 293 g/mol. The molecule has 4 nitrogen and oxygen atoms in total. The van der Waals surface area contributed by atoms with Crippen molar-refractivity contribution in [2.45, 2.75) is 45.3 Å². The Balaban J connectivity index is 1.70. The molecule has 1 aliphatic carbocycles. The number of benzene rings is 1. The Morgan fingerprint density at radius 2 is 2.00 bits per heavy atom. The van der Waals surface area contributed by atoms with Crippen molar-refractivity contribution >= 4 is 0 Å². The van der Waals surface area contributed by atoms with E-state index in [0.29, 0.717) is 12.7 Å². The molecule has 118 valence electrons. The Kier molecular flexibility index (Phi) is 6.83. The van der Waals surface area contributed by atoms with E-state index in [4.69, 9.17) is 14.2 Å². The minimum atomic E-state index is 0.498. The maximum Gasteiger partial charge on any atom is 0.161 e. The predicted molar refractivity (Wildman–Crippen MR) is 84.1 cm³/mol. The van der Waals surface area contributed by atoms with E-state index in [1.54, 1.807) is 7.11 Å². The molecule has 2 rings (SSSR count). The van der Waals surface area contributed by atoms with Crippen molar-refractivity contribution in [1.82, 2.24) is 5.32 Å². The van der Waals surface area contributed by atoms with Gasteiger partial charge < -0.3 is 19.5 Å². The topological polar surface area (TPSA) is 39.7 Å². The molecule has 1 aliphatic rings. The number of rotatable bonds is 9. The van der Waals surface area contributed by atoms with E-state index in [0.717, 1.165) is 31.2 Å². The quantitative estimate of drug-likeness (QED) is 0.710. The van der Waals surface area contributed by atoms with Crippen LogP contribution < -0.4 is 14.8 Å². The molecule has 4 heteroatoms. The van der Waals surface area contributed by atoms with E-state index in [9.17, 15) is 0 Å². The van der Waals surface area contributed by atoms with E-state index in [1.807, 2.05) is 19.1 Å². The summed E-state index contributed by atoms with van der Waals surface area (Å²) in [6.07, 6.45) is 5.61. The number of methoxy groups -OCH3 is 1. The van der Waals surface area contributed by atoms with Gasteiger partial charge in [0.15, 0.2) is 11.5 Å². The molecule has 0 aliphatic heterocycles. The lowest BCUT2D eigenvalue weighted by Gasteiger charge is -2.13. The third kappa shape index (κ3) is 5.21. The second-order valence-electron chi connectivity index (χ2n) is 5.37. The minimum Gasteiger partial charge on any atom is -0.493 e. The summed E-state index contributed by atoms with van der Waals surface area (Å²) >= 11 is 0. The highest BCUT2D eigenvalue weighted by Crippen LogP contribution is 2.28. The molecule has 0 bridgehead atoms. The fourth-order valence-electron chi connectivity index (χ4n) is 2.68. The minimum absolute atomic E-state index is 0.498. The maximum atomic E-state index is 5.83. The lowest BCUT2D eigenvalue weighted by atomic mass is 10.2. The molecule has 0 atom stereocenters. The van der Waals surface area contributed by atoms with Crippen LogP contribution in [0.25, 0.3) is 0 Å². The second kappa shape index (κ2) is 8.90. The van der Waals surface area contributed by atoms with E-state index >= 15 is 0 Å². The van der Waals surface area contributed by atoms with Crippen LogP contribution in [-0.2, 0) is 11.3 Å². The average Bonchev–Trinajstić information content (AvgIpc) is 3.01. The molecule has 1 saturated carbocycles. The van der Waals surface area contributed by atoms with E-state index in [-0.39, 0.29) is 0 Å². The van der Waals surface area contributed by atoms with Gasteiger partial charge in [-0.3, -0.25) is 0 Å². The molecule has 0 unspecified atom stereocenters. The first kappa shape index (κ1) is 16.1. The van der Waals surface area contributed by atoms with Crippen LogP contribution in [-0.4, -0.2) is 33.0 Å². The Hall–Kier alpha value is -1.26. The van der Waals surface area contributed by atoms with E-state index in [1.165, 1.54) is 31.2 Å². The number of ether oxygens (including phenoxy) is 3. The van der Waals surface area contributed by atoms with Crippen LogP contribution in [0.2, 0.25) is 0 Å². The largest absolute Gasteiger partial charge is 0.493 e. The zero-order valence-corrected chi connectivity index (χ0v) is 13.2. The number of hydrogen-bond acceptors (Lipinski definition) is 4. The standard InChI is InChI=1S/C17H27NO3/c1-3-20-17-12-14(8-9-16(17)19-2)13-18-10-11-21-15-6-4-5-7-15/h8-9,12,15,18H,3-7,10-11,13H2,1-2H3. The van der Waals surface area contributed by atoms with Gasteiger partial charge in [0.05, 0.1) is 26.4 Å². The zero-order chi connectivity index (χ0) is 14.9. The number of nitrogens with one attached hydrogen (secondary N) is 1. The molecule has 0 aromatic heterocycles. The summed E-state index contributed by atoms with van der Waals surface area (Å²) in [5.74, 6) is 1.59. The van der Waals surface area contributed by atoms with Crippen LogP contribution >= 0.6 is 0 Å². The van der Waals surface area contributed by atoms with E-state index in [2.05, 4.69) is 11.4 Å². The van der Waals surface area contributed by atoms with Gasteiger partial charge in [0.1, 0.15) is 0 Å². The summed E-state index contributed by atoms with van der Waals surface area (Å²) < 4.78 is 16.7. The normalized spacial score (nSPS) is 15.3. The first-order valence-corrected chi connectivity index (χ1v) is 7.95. The summed E-state index contributed by atoms with van der Waals surface area (Å²) in [6.45, 7) is 5.11. The van der Waals surface area contributed by atoms with E-state index < -0.39 is 0 Å². The van der Waals surface area contributed by atoms with Crippen LogP contribution in [0.15, 0.2) is 18.2 Å². The van der Waals surface area contributed by atoms with Gasteiger partial charge in [-0.15, -0.1) is 0 Å². The lowest BCUT2D eigenvalue weighted by molar-refractivity contribution is 0.0602. The first-order chi connectivity index (χ1) is 10.3. The van der Waals surface area contributed by atoms with Gasteiger partial charge in [0.2, 0.25) is 0 Å². The van der Waals surface area contributed by atoms with Gasteiger partial charge >= 0.3 is 0 Å². The van der Waals surface area contributed by atoms with Crippen molar-refractivity contribution in [2.75, 3.05) is 26.9 Å². The Bertz CT molecular complexity index is 416. The highest BCUT2D eigenvalue weighted by atomic mass is 16.5. The monoisotopic (exact) mass is 293 g/mol. The van der Waals surface area contributed by atoms with Crippen molar-refractivity contribution in [2.24, 2.45) is 0 Å². The highest BCUT2D eigenvalue weighted by Gasteiger charge is 2.14.